The number of benzene rings is 2. The first-order valence-corrected chi connectivity index (χ1v) is 7.22. The summed E-state index contributed by atoms with van der Waals surface area (Å²) in [5.41, 5.74) is 3.67. The molecule has 3 heteroatoms. The third-order valence-corrected chi connectivity index (χ3v) is 4.32. The van der Waals surface area contributed by atoms with Crippen LogP contribution >= 0.6 is 23.1 Å². The molecule has 0 spiro atoms. The highest BCUT2D eigenvalue weighted by atomic mass is 35.5. The van der Waals surface area contributed by atoms with Gasteiger partial charge in [-0.25, -0.2) is 0 Å². The van der Waals surface area contributed by atoms with Gasteiger partial charge in [-0.3, -0.25) is 0 Å². The highest BCUT2D eigenvalue weighted by Gasteiger charge is 2.12. The van der Waals surface area contributed by atoms with E-state index in [-0.39, 0.29) is 0 Å². The molecule has 19 heavy (non-hydrogen) atoms. The van der Waals surface area contributed by atoms with Crippen LogP contribution in [0.4, 0.5) is 0 Å². The molecule has 0 saturated carbocycles. The van der Waals surface area contributed by atoms with E-state index in [4.69, 9.17) is 11.6 Å². The Morgan fingerprint density at radius 3 is 2.26 bits per heavy atom. The lowest BCUT2D eigenvalue weighted by Crippen LogP contribution is -2.23. The van der Waals surface area contributed by atoms with E-state index in [0.717, 1.165) is 10.7 Å². The van der Waals surface area contributed by atoms with E-state index in [0.29, 0.717) is 0 Å². The molecule has 0 amide bonds. The van der Waals surface area contributed by atoms with Crippen molar-refractivity contribution in [3.8, 4) is 16.1 Å². The van der Waals surface area contributed by atoms with Gasteiger partial charge >= 0.3 is 0 Å². The molecule has 0 fully saturated rings. The van der Waals surface area contributed by atoms with Crippen LogP contribution in [0.5, 0.6) is 0 Å². The molecule has 0 aliphatic carbocycles. The van der Waals surface area contributed by atoms with Gasteiger partial charge in [-0.1, -0.05) is 41.4 Å². The van der Waals surface area contributed by atoms with Crippen LogP contribution in [-0.4, -0.2) is 0 Å². The minimum Gasteiger partial charge on any atom is -0.102 e. The molecule has 0 atom stereocenters. The maximum atomic E-state index is 5.91. The van der Waals surface area contributed by atoms with Crippen LogP contribution in [0.25, 0.3) is 16.1 Å². The second-order valence-corrected chi connectivity index (χ2v) is 5.89. The minimum atomic E-state index is 0.764. The van der Waals surface area contributed by atoms with Gasteiger partial charge in [0.25, 0.3) is 0 Å². The first-order chi connectivity index (χ1) is 9.22. The van der Waals surface area contributed by atoms with Gasteiger partial charge in [0.05, 0.1) is 0 Å². The molecule has 2 aromatic carbocycles. The molecule has 3 aromatic rings. The number of rotatable bonds is 2. The van der Waals surface area contributed by atoms with Gasteiger partial charge in [0.1, 0.15) is 16.4 Å². The van der Waals surface area contributed by atoms with Crippen molar-refractivity contribution in [3.05, 3.63) is 71.4 Å². The van der Waals surface area contributed by atoms with Crippen molar-refractivity contribution in [1.82, 2.24) is 0 Å². The lowest BCUT2D eigenvalue weighted by molar-refractivity contribution is -0.519. The quantitative estimate of drug-likeness (QED) is 0.604. The van der Waals surface area contributed by atoms with Crippen LogP contribution in [-0.2, 0) is 0 Å². The van der Waals surface area contributed by atoms with Crippen LogP contribution < -0.4 is 3.96 Å². The molecular weight excluding hydrogens is 274 g/mol. The number of nitrogens with zero attached hydrogens (tertiary/aromatic N) is 1. The Balaban J connectivity index is 1.95. The summed E-state index contributed by atoms with van der Waals surface area (Å²) >= 11 is 7.63. The summed E-state index contributed by atoms with van der Waals surface area (Å²) in [5, 5.41) is 0.764. The summed E-state index contributed by atoms with van der Waals surface area (Å²) in [7, 11) is 0. The van der Waals surface area contributed by atoms with Crippen molar-refractivity contribution < 1.29 is 3.96 Å². The fourth-order valence-electron chi connectivity index (χ4n) is 1.90. The average Bonchev–Trinajstić information content (AvgIpc) is 2.90. The zero-order chi connectivity index (χ0) is 13.2. The number of hydrogen-bond donors (Lipinski definition) is 0. The normalized spacial score (nSPS) is 10.6. The zero-order valence-electron chi connectivity index (χ0n) is 10.5. The second kappa shape index (κ2) is 5.16. The SMILES string of the molecule is Cc1ccc(-c2cc[n+](-c3ccc(Cl)cc3)s2)cc1. The molecule has 0 aliphatic rings. The Morgan fingerprint density at radius 2 is 1.58 bits per heavy atom. The summed E-state index contributed by atoms with van der Waals surface area (Å²) < 4.78 is 2.14. The van der Waals surface area contributed by atoms with Gasteiger partial charge in [0.15, 0.2) is 6.20 Å². The van der Waals surface area contributed by atoms with Gasteiger partial charge in [-0.2, -0.15) is 0 Å². The average molecular weight is 287 g/mol. The summed E-state index contributed by atoms with van der Waals surface area (Å²) in [6, 6.07) is 18.6. The van der Waals surface area contributed by atoms with Crippen molar-refractivity contribution in [1.29, 1.82) is 0 Å². The molecule has 0 bridgehead atoms. The molecule has 0 N–H and O–H groups in total. The topological polar surface area (TPSA) is 3.88 Å². The Kier molecular flexibility index (Phi) is 3.36. The largest absolute Gasteiger partial charge is 0.225 e. The van der Waals surface area contributed by atoms with E-state index in [1.165, 1.54) is 16.0 Å². The smallest absolute Gasteiger partial charge is 0.102 e. The van der Waals surface area contributed by atoms with Gasteiger partial charge in [-0.15, -0.1) is 3.96 Å². The predicted octanol–water partition coefficient (Wildman–Crippen LogP) is 4.65. The third kappa shape index (κ3) is 2.70. The molecule has 1 nitrogen and oxygen atoms in total. The highest BCUT2D eigenvalue weighted by Crippen LogP contribution is 2.23. The Labute approximate surface area is 121 Å². The van der Waals surface area contributed by atoms with E-state index < -0.39 is 0 Å². The maximum Gasteiger partial charge on any atom is 0.225 e. The van der Waals surface area contributed by atoms with E-state index in [9.17, 15) is 0 Å². The van der Waals surface area contributed by atoms with Gasteiger partial charge in [0.2, 0.25) is 5.69 Å². The van der Waals surface area contributed by atoms with Crippen LogP contribution in [0, 0.1) is 6.92 Å². The highest BCUT2D eigenvalue weighted by molar-refractivity contribution is 7.05. The number of hydrogen-bond acceptors (Lipinski definition) is 1. The fourth-order valence-corrected chi connectivity index (χ4v) is 2.95. The number of aromatic nitrogens is 1. The Hall–Kier alpha value is -1.64. The first-order valence-electron chi connectivity index (χ1n) is 6.07. The molecule has 0 radical (unpaired) electrons. The summed E-state index contributed by atoms with van der Waals surface area (Å²) in [6.45, 7) is 2.10. The third-order valence-electron chi connectivity index (χ3n) is 2.98. The van der Waals surface area contributed by atoms with Crippen LogP contribution in [0.15, 0.2) is 60.8 Å². The van der Waals surface area contributed by atoms with E-state index >= 15 is 0 Å². The van der Waals surface area contributed by atoms with Gasteiger partial charge in [0, 0.05) is 23.2 Å². The summed E-state index contributed by atoms with van der Waals surface area (Å²) in [4.78, 5) is 1.26. The molecule has 1 aromatic heterocycles. The predicted molar refractivity (Wildman–Crippen MR) is 81.0 cm³/mol. The minimum absolute atomic E-state index is 0.764. The van der Waals surface area contributed by atoms with Crippen molar-refractivity contribution in [3.63, 3.8) is 0 Å². The van der Waals surface area contributed by atoms with Crippen molar-refractivity contribution in [2.45, 2.75) is 6.92 Å². The molecule has 0 saturated heterocycles. The van der Waals surface area contributed by atoms with Gasteiger partial charge < -0.3 is 0 Å². The van der Waals surface area contributed by atoms with Crippen molar-refractivity contribution in [2.75, 3.05) is 0 Å². The van der Waals surface area contributed by atoms with E-state index in [1.54, 1.807) is 11.5 Å². The molecule has 94 valence electrons. The van der Waals surface area contributed by atoms with Crippen molar-refractivity contribution >= 4 is 23.1 Å². The summed E-state index contributed by atoms with van der Waals surface area (Å²) in [5.74, 6) is 0. The number of aryl methyl sites for hydroxylation is 1. The molecule has 0 aliphatic heterocycles. The lowest BCUT2D eigenvalue weighted by Gasteiger charge is -1.95. The van der Waals surface area contributed by atoms with Crippen molar-refractivity contribution in [2.24, 2.45) is 0 Å². The standard InChI is InChI=1S/C16H13ClNS/c1-12-2-4-13(5-3-12)16-10-11-18(19-16)15-8-6-14(17)7-9-15/h2-11H,1H3/q+1. The van der Waals surface area contributed by atoms with E-state index in [1.807, 2.05) is 24.3 Å². The monoisotopic (exact) mass is 286 g/mol. The van der Waals surface area contributed by atoms with Crippen LogP contribution in [0.1, 0.15) is 5.56 Å². The molecule has 1 heterocycles. The van der Waals surface area contributed by atoms with Crippen LogP contribution in [0.2, 0.25) is 5.02 Å². The lowest BCUT2D eigenvalue weighted by atomic mass is 10.1. The first kappa shape index (κ1) is 12.4. The summed E-state index contributed by atoms with van der Waals surface area (Å²) in [6.07, 6.45) is 2.09. The fraction of sp³-hybridized carbons (Fsp3) is 0.0625. The molecule has 0 unspecified atom stereocenters. The zero-order valence-corrected chi connectivity index (χ0v) is 12.1. The molecule has 3 rings (SSSR count). The Morgan fingerprint density at radius 1 is 0.895 bits per heavy atom. The van der Waals surface area contributed by atoms with Gasteiger partial charge in [-0.05, 0) is 24.6 Å². The molecular formula is C16H13ClNS+. The van der Waals surface area contributed by atoms with E-state index in [2.05, 4.69) is 47.4 Å². The second-order valence-electron chi connectivity index (χ2n) is 4.44. The Bertz CT molecular complexity index is 624. The van der Waals surface area contributed by atoms with Crippen LogP contribution in [0.3, 0.4) is 0 Å². The number of halogens is 1. The maximum absolute atomic E-state index is 5.91.